The second kappa shape index (κ2) is 10.1. The Labute approximate surface area is 187 Å². The summed E-state index contributed by atoms with van der Waals surface area (Å²) in [6, 6.07) is 8.09. The minimum atomic E-state index is -0.117. The van der Waals surface area contributed by atoms with Crippen LogP contribution in [0.3, 0.4) is 0 Å². The molecule has 2 aliphatic rings. The van der Waals surface area contributed by atoms with Crippen molar-refractivity contribution in [3.8, 4) is 5.75 Å². The van der Waals surface area contributed by atoms with Gasteiger partial charge in [-0.2, -0.15) is 0 Å². The van der Waals surface area contributed by atoms with Crippen LogP contribution in [0.1, 0.15) is 46.7 Å². The lowest BCUT2D eigenvalue weighted by Gasteiger charge is -2.39. The molecule has 0 aliphatic carbocycles. The van der Waals surface area contributed by atoms with Crippen LogP contribution >= 0.6 is 11.3 Å². The summed E-state index contributed by atoms with van der Waals surface area (Å²) in [6.07, 6.45) is 4.16. The largest absolute Gasteiger partial charge is 0.491 e. The number of amides is 1. The number of aliphatic hydroxyl groups is 1. The average Bonchev–Trinajstić information content (AvgIpc) is 3.39. The Morgan fingerprint density at radius 1 is 1.39 bits per heavy atom. The molecule has 0 radical (unpaired) electrons. The summed E-state index contributed by atoms with van der Waals surface area (Å²) in [4.78, 5) is 18.9. The first-order chi connectivity index (χ1) is 15.0. The highest BCUT2D eigenvalue weighted by molar-refractivity contribution is 7.09. The molecule has 1 aromatic heterocycles. The number of nitrogens with one attached hydrogen (secondary N) is 1. The van der Waals surface area contributed by atoms with Crippen molar-refractivity contribution in [1.29, 1.82) is 0 Å². The number of ether oxygens (including phenoxy) is 2. The number of benzene rings is 1. The molecule has 1 aromatic carbocycles. The van der Waals surface area contributed by atoms with Crippen LogP contribution in [-0.4, -0.2) is 65.5 Å². The maximum absolute atomic E-state index is 12.2. The number of hydrogen-bond acceptors (Lipinski definition) is 7. The summed E-state index contributed by atoms with van der Waals surface area (Å²) < 4.78 is 12.0. The van der Waals surface area contributed by atoms with Crippen molar-refractivity contribution in [1.82, 2.24) is 15.2 Å². The number of carbonyl (C=O) groups is 1. The van der Waals surface area contributed by atoms with Crippen molar-refractivity contribution >= 4 is 17.2 Å². The van der Waals surface area contributed by atoms with E-state index in [4.69, 9.17) is 14.6 Å². The smallest absolute Gasteiger partial charge is 0.270 e. The molecule has 1 amide bonds. The Balaban J connectivity index is 1.22. The predicted octanol–water partition coefficient (Wildman–Crippen LogP) is 2.77. The monoisotopic (exact) mass is 445 g/mol. The van der Waals surface area contributed by atoms with Gasteiger partial charge < -0.3 is 19.9 Å². The van der Waals surface area contributed by atoms with E-state index in [0.717, 1.165) is 56.1 Å². The second-order valence-electron chi connectivity index (χ2n) is 8.42. The van der Waals surface area contributed by atoms with Crippen molar-refractivity contribution in [2.75, 3.05) is 32.8 Å². The summed E-state index contributed by atoms with van der Waals surface area (Å²) in [5.74, 6) is 0.686. The number of likely N-dealkylation sites (tertiary alicyclic amines) is 1. The highest BCUT2D eigenvalue weighted by Gasteiger charge is 2.42. The number of rotatable bonds is 8. The van der Waals surface area contributed by atoms with Gasteiger partial charge in [-0.3, -0.25) is 9.69 Å². The number of aromatic nitrogens is 1. The van der Waals surface area contributed by atoms with Crippen molar-refractivity contribution in [2.24, 2.45) is 0 Å². The lowest BCUT2D eigenvalue weighted by atomic mass is 9.88. The molecule has 31 heavy (non-hydrogen) atoms. The zero-order valence-corrected chi connectivity index (χ0v) is 18.8. The molecule has 0 bridgehead atoms. The third-order valence-corrected chi connectivity index (χ3v) is 6.89. The Bertz CT molecular complexity index is 879. The van der Waals surface area contributed by atoms with Crippen LogP contribution in [-0.2, 0) is 11.3 Å². The molecule has 2 fully saturated rings. The topological polar surface area (TPSA) is 83.9 Å². The van der Waals surface area contributed by atoms with Crippen molar-refractivity contribution in [2.45, 2.75) is 50.9 Å². The van der Waals surface area contributed by atoms with Gasteiger partial charge in [-0.15, -0.1) is 11.3 Å². The lowest BCUT2D eigenvalue weighted by molar-refractivity contribution is -0.0764. The van der Waals surface area contributed by atoms with Gasteiger partial charge in [0, 0.05) is 31.6 Å². The van der Waals surface area contributed by atoms with E-state index in [1.807, 2.05) is 19.1 Å². The quantitative estimate of drug-likeness (QED) is 0.650. The first-order valence-electron chi connectivity index (χ1n) is 11.0. The molecule has 1 spiro atoms. The normalized spacial score (nSPS) is 20.8. The molecule has 168 valence electrons. The standard InChI is InChI=1S/C23H31N3O4S/c1-17-25-21(16-31-17)22(28)24-14-20-5-6-23(30-20)7-9-26(10-8-23)15-18-3-2-4-19(13-18)29-12-11-27/h2-4,13,16,20,27H,5-12,14-15H2,1H3,(H,24,28)/t20-/m0/s1. The van der Waals surface area contributed by atoms with E-state index in [1.165, 1.54) is 16.9 Å². The van der Waals surface area contributed by atoms with Gasteiger partial charge >= 0.3 is 0 Å². The second-order valence-corrected chi connectivity index (χ2v) is 9.48. The third-order valence-electron chi connectivity index (χ3n) is 6.11. The number of carbonyl (C=O) groups excluding carboxylic acids is 1. The Morgan fingerprint density at radius 2 is 2.23 bits per heavy atom. The summed E-state index contributed by atoms with van der Waals surface area (Å²) in [7, 11) is 0. The fourth-order valence-electron chi connectivity index (χ4n) is 4.45. The van der Waals surface area contributed by atoms with E-state index in [9.17, 15) is 4.79 Å². The fourth-order valence-corrected chi connectivity index (χ4v) is 5.04. The van der Waals surface area contributed by atoms with E-state index in [1.54, 1.807) is 5.38 Å². The van der Waals surface area contributed by atoms with Gasteiger partial charge in [-0.05, 0) is 50.3 Å². The van der Waals surface area contributed by atoms with Crippen LogP contribution in [0, 0.1) is 6.92 Å². The minimum absolute atomic E-state index is 0.0215. The van der Waals surface area contributed by atoms with E-state index in [2.05, 4.69) is 27.3 Å². The molecule has 2 aromatic rings. The fraction of sp³-hybridized carbons (Fsp3) is 0.565. The molecule has 0 saturated carbocycles. The van der Waals surface area contributed by atoms with Crippen LogP contribution in [0.15, 0.2) is 29.6 Å². The zero-order valence-electron chi connectivity index (χ0n) is 18.0. The van der Waals surface area contributed by atoms with E-state index in [-0.39, 0.29) is 24.2 Å². The van der Waals surface area contributed by atoms with Crippen LogP contribution in [0.4, 0.5) is 0 Å². The highest BCUT2D eigenvalue weighted by Crippen LogP contribution is 2.39. The molecule has 3 heterocycles. The summed E-state index contributed by atoms with van der Waals surface area (Å²) in [5, 5.41) is 14.6. The van der Waals surface area contributed by atoms with Crippen LogP contribution < -0.4 is 10.1 Å². The van der Waals surface area contributed by atoms with E-state index < -0.39 is 0 Å². The van der Waals surface area contributed by atoms with Crippen LogP contribution in [0.2, 0.25) is 0 Å². The van der Waals surface area contributed by atoms with Gasteiger partial charge in [0.2, 0.25) is 0 Å². The van der Waals surface area contributed by atoms with E-state index in [0.29, 0.717) is 18.8 Å². The number of hydrogen-bond donors (Lipinski definition) is 2. The predicted molar refractivity (Wildman–Crippen MR) is 120 cm³/mol. The minimum Gasteiger partial charge on any atom is -0.491 e. The van der Waals surface area contributed by atoms with Crippen molar-refractivity contribution < 1.29 is 19.4 Å². The first-order valence-corrected chi connectivity index (χ1v) is 11.9. The Morgan fingerprint density at radius 3 is 2.97 bits per heavy atom. The van der Waals surface area contributed by atoms with Gasteiger partial charge in [0.15, 0.2) is 0 Å². The van der Waals surface area contributed by atoms with Crippen molar-refractivity contribution in [3.05, 3.63) is 45.9 Å². The molecule has 7 nitrogen and oxygen atoms in total. The SMILES string of the molecule is Cc1nc(C(=O)NC[C@@H]2CCC3(CCN(Cc4cccc(OCCO)c4)CC3)O2)cs1. The molecular weight excluding hydrogens is 414 g/mol. The number of thiazole rings is 1. The highest BCUT2D eigenvalue weighted by atomic mass is 32.1. The van der Waals surface area contributed by atoms with Gasteiger partial charge in [0.05, 0.1) is 23.3 Å². The van der Waals surface area contributed by atoms with E-state index >= 15 is 0 Å². The first kappa shape index (κ1) is 22.2. The molecule has 4 rings (SSSR count). The van der Waals surface area contributed by atoms with Crippen LogP contribution in [0.25, 0.3) is 0 Å². The Hall–Kier alpha value is -2.00. The molecule has 8 heteroatoms. The average molecular weight is 446 g/mol. The maximum Gasteiger partial charge on any atom is 0.270 e. The number of aryl methyl sites for hydroxylation is 1. The van der Waals surface area contributed by atoms with Gasteiger partial charge in [-0.1, -0.05) is 12.1 Å². The summed E-state index contributed by atoms with van der Waals surface area (Å²) in [5.41, 5.74) is 1.67. The van der Waals surface area contributed by atoms with Crippen molar-refractivity contribution in [3.63, 3.8) is 0 Å². The summed E-state index contributed by atoms with van der Waals surface area (Å²) >= 11 is 1.49. The Kier molecular flexibility index (Phi) is 7.22. The number of piperidine rings is 1. The zero-order chi connectivity index (χ0) is 21.7. The number of nitrogens with zero attached hydrogens (tertiary/aromatic N) is 2. The molecule has 1 atom stereocenters. The molecule has 0 unspecified atom stereocenters. The summed E-state index contributed by atoms with van der Waals surface area (Å²) in [6.45, 7) is 5.67. The van der Waals surface area contributed by atoms with Crippen LogP contribution in [0.5, 0.6) is 5.75 Å². The number of aliphatic hydroxyl groups excluding tert-OH is 1. The van der Waals surface area contributed by atoms with Gasteiger partial charge in [-0.25, -0.2) is 4.98 Å². The molecular formula is C23H31N3O4S. The lowest BCUT2D eigenvalue weighted by Crippen LogP contribution is -2.44. The molecule has 2 saturated heterocycles. The molecule has 2 aliphatic heterocycles. The third kappa shape index (κ3) is 5.83. The van der Waals surface area contributed by atoms with Gasteiger partial charge in [0.25, 0.3) is 5.91 Å². The molecule has 2 N–H and O–H groups in total. The van der Waals surface area contributed by atoms with Gasteiger partial charge in [0.1, 0.15) is 18.1 Å². The maximum atomic E-state index is 12.2.